The Bertz CT molecular complexity index is 1190. The summed E-state index contributed by atoms with van der Waals surface area (Å²) in [6.07, 6.45) is 2.97. The molecule has 4 rings (SSSR count). The molecule has 0 aliphatic heterocycles. The van der Waals surface area contributed by atoms with Gasteiger partial charge in [-0.15, -0.1) is 0 Å². The van der Waals surface area contributed by atoms with Gasteiger partial charge in [-0.2, -0.15) is 18.3 Å². The quantitative estimate of drug-likeness (QED) is 0.387. The summed E-state index contributed by atoms with van der Waals surface area (Å²) in [4.78, 5) is 27.2. The van der Waals surface area contributed by atoms with Crippen LogP contribution in [0.15, 0.2) is 55.0 Å². The first-order valence-electron chi connectivity index (χ1n) is 11.7. The van der Waals surface area contributed by atoms with Gasteiger partial charge in [0.2, 0.25) is 0 Å². The van der Waals surface area contributed by atoms with E-state index in [1.165, 1.54) is 0 Å². The van der Waals surface area contributed by atoms with Crippen molar-refractivity contribution in [2.45, 2.75) is 44.3 Å². The zero-order valence-corrected chi connectivity index (χ0v) is 19.3. The highest BCUT2D eigenvalue weighted by Gasteiger charge is 2.32. The molecule has 1 aliphatic rings. The molecule has 0 unspecified atom stereocenters. The van der Waals surface area contributed by atoms with Gasteiger partial charge in [-0.25, -0.2) is 9.67 Å². The topological polar surface area (TPSA) is 109 Å². The smallest absolute Gasteiger partial charge is 0.419 e. The van der Waals surface area contributed by atoms with Crippen LogP contribution >= 0.6 is 0 Å². The van der Waals surface area contributed by atoms with E-state index < -0.39 is 17.7 Å². The van der Waals surface area contributed by atoms with E-state index in [9.17, 15) is 22.8 Å². The van der Waals surface area contributed by atoms with Gasteiger partial charge in [0, 0.05) is 18.3 Å². The van der Waals surface area contributed by atoms with Crippen LogP contribution in [0.25, 0.3) is 5.82 Å². The Morgan fingerprint density at radius 2 is 1.81 bits per heavy atom. The number of amides is 1. The second-order valence-electron chi connectivity index (χ2n) is 8.76. The molecule has 3 aromatic rings. The summed E-state index contributed by atoms with van der Waals surface area (Å²) in [6.45, 7) is 0.0568. The Balaban J connectivity index is 1.47. The summed E-state index contributed by atoms with van der Waals surface area (Å²) < 4.78 is 39.7. The Hall–Kier alpha value is -3.89. The molecule has 3 N–H and O–H groups in total. The molecule has 0 radical (unpaired) electrons. The number of hydrogen-bond donors (Lipinski definition) is 3. The number of pyridine rings is 1. The number of carboxylic acid groups (broad SMARTS) is 1. The van der Waals surface area contributed by atoms with E-state index in [-0.39, 0.29) is 30.7 Å². The van der Waals surface area contributed by atoms with Crippen molar-refractivity contribution in [1.29, 1.82) is 0 Å². The molecule has 11 heteroatoms. The van der Waals surface area contributed by atoms with Crippen LogP contribution in [0.3, 0.4) is 0 Å². The minimum Gasteiger partial charge on any atom is -0.481 e. The van der Waals surface area contributed by atoms with Crippen molar-refractivity contribution in [3.05, 3.63) is 71.7 Å². The van der Waals surface area contributed by atoms with Crippen molar-refractivity contribution in [3.8, 4) is 5.82 Å². The van der Waals surface area contributed by atoms with Gasteiger partial charge < -0.3 is 15.7 Å². The Labute approximate surface area is 205 Å². The molecule has 8 nitrogen and oxygen atoms in total. The van der Waals surface area contributed by atoms with Crippen molar-refractivity contribution in [3.63, 3.8) is 0 Å². The van der Waals surface area contributed by atoms with E-state index in [1.807, 2.05) is 12.1 Å². The molecule has 2 aromatic heterocycles. The maximum Gasteiger partial charge on any atom is 0.419 e. The van der Waals surface area contributed by atoms with Crippen LogP contribution < -0.4 is 10.6 Å². The number of nitrogens with zero attached hydrogens (tertiary/aromatic N) is 3. The molecule has 0 saturated heterocycles. The predicted molar refractivity (Wildman–Crippen MR) is 126 cm³/mol. The highest BCUT2D eigenvalue weighted by Crippen LogP contribution is 2.38. The molecular weight excluding hydrogens is 475 g/mol. The lowest BCUT2D eigenvalue weighted by Gasteiger charge is -2.26. The number of benzene rings is 1. The number of aliphatic carboxylic acids is 1. The summed E-state index contributed by atoms with van der Waals surface area (Å²) in [5.41, 5.74) is 1.31. The van der Waals surface area contributed by atoms with E-state index in [4.69, 9.17) is 5.11 Å². The van der Waals surface area contributed by atoms with E-state index in [0.717, 1.165) is 48.3 Å². The fourth-order valence-corrected chi connectivity index (χ4v) is 4.37. The molecule has 0 spiro atoms. The summed E-state index contributed by atoms with van der Waals surface area (Å²) in [5.74, 6) is -0.665. The number of alkyl halides is 3. The van der Waals surface area contributed by atoms with Crippen molar-refractivity contribution in [2.24, 2.45) is 5.92 Å². The van der Waals surface area contributed by atoms with Gasteiger partial charge in [0.1, 0.15) is 0 Å². The summed E-state index contributed by atoms with van der Waals surface area (Å²) >= 11 is 0. The lowest BCUT2D eigenvalue weighted by atomic mass is 9.91. The zero-order chi connectivity index (χ0) is 25.7. The fraction of sp³-hybridized carbons (Fsp3) is 0.360. The van der Waals surface area contributed by atoms with Crippen LogP contribution in [0.4, 0.5) is 18.9 Å². The van der Waals surface area contributed by atoms with Crippen molar-refractivity contribution in [2.75, 3.05) is 11.9 Å². The predicted octanol–water partition coefficient (Wildman–Crippen LogP) is 4.83. The van der Waals surface area contributed by atoms with Crippen LogP contribution in [-0.4, -0.2) is 38.3 Å². The first kappa shape index (κ1) is 25.2. The number of carboxylic acids is 1. The number of carbonyl (C=O) groups is 2. The average Bonchev–Trinajstić information content (AvgIpc) is 3.55. The molecule has 2 heterocycles. The maximum atomic E-state index is 12.9. The third kappa shape index (κ3) is 6.21. The minimum absolute atomic E-state index is 0.0363. The maximum absolute atomic E-state index is 12.9. The molecule has 190 valence electrons. The van der Waals surface area contributed by atoms with Gasteiger partial charge >= 0.3 is 12.1 Å². The molecule has 1 atom stereocenters. The number of nitrogens with one attached hydrogen (secondary N) is 2. The molecule has 1 amide bonds. The van der Waals surface area contributed by atoms with Crippen molar-refractivity contribution in [1.82, 2.24) is 20.1 Å². The Kier molecular flexibility index (Phi) is 7.56. The van der Waals surface area contributed by atoms with Crippen LogP contribution in [-0.2, 0) is 11.0 Å². The van der Waals surface area contributed by atoms with E-state index in [1.54, 1.807) is 30.5 Å². The van der Waals surface area contributed by atoms with Gasteiger partial charge in [-0.3, -0.25) is 9.59 Å². The number of rotatable bonds is 9. The number of halogens is 3. The number of aromatic nitrogens is 3. The number of carbonyl (C=O) groups excluding carboxylic acids is 1. The number of hydrogen-bond acceptors (Lipinski definition) is 5. The second kappa shape index (κ2) is 10.8. The molecule has 1 aliphatic carbocycles. The van der Waals surface area contributed by atoms with Crippen LogP contribution in [0, 0.1) is 5.92 Å². The lowest BCUT2D eigenvalue weighted by Crippen LogP contribution is -2.26. The highest BCUT2D eigenvalue weighted by molar-refractivity contribution is 5.94. The average molecular weight is 502 g/mol. The monoisotopic (exact) mass is 501 g/mol. The van der Waals surface area contributed by atoms with Crippen LogP contribution in [0.1, 0.15) is 59.6 Å². The SMILES string of the molecule is O=C(O)CCNC(=O)c1ccc([C@H](Nc2ccc(-n3cc(C(F)(F)F)cn3)nc2)C2CCCC2)cc1. The molecular formula is C25H26F3N5O3. The Morgan fingerprint density at radius 1 is 1.08 bits per heavy atom. The largest absolute Gasteiger partial charge is 0.481 e. The number of anilines is 1. The van der Waals surface area contributed by atoms with Gasteiger partial charge in [-0.1, -0.05) is 25.0 Å². The highest BCUT2D eigenvalue weighted by atomic mass is 19.4. The van der Waals surface area contributed by atoms with Gasteiger partial charge in [-0.05, 0) is 48.6 Å². The molecule has 36 heavy (non-hydrogen) atoms. The molecule has 1 fully saturated rings. The zero-order valence-electron chi connectivity index (χ0n) is 19.3. The lowest BCUT2D eigenvalue weighted by molar-refractivity contribution is -0.138. The summed E-state index contributed by atoms with van der Waals surface area (Å²) in [5, 5.41) is 18.6. The first-order valence-corrected chi connectivity index (χ1v) is 11.7. The normalized spacial score (nSPS) is 15.0. The van der Waals surface area contributed by atoms with Crippen LogP contribution in [0.2, 0.25) is 0 Å². The molecule has 0 bridgehead atoms. The second-order valence-corrected chi connectivity index (χ2v) is 8.76. The molecule has 1 saturated carbocycles. The third-order valence-electron chi connectivity index (χ3n) is 6.24. The Morgan fingerprint density at radius 3 is 2.39 bits per heavy atom. The van der Waals surface area contributed by atoms with Crippen molar-refractivity contribution < 1.29 is 27.9 Å². The summed E-state index contributed by atoms with van der Waals surface area (Å²) in [7, 11) is 0. The fourth-order valence-electron chi connectivity index (χ4n) is 4.37. The van der Waals surface area contributed by atoms with Gasteiger partial charge in [0.15, 0.2) is 5.82 Å². The standard InChI is InChI=1S/C25H26F3N5O3/c26-25(27,28)19-13-31-33(15-19)21-10-9-20(14-30-21)32-23(16-3-1-2-4-16)17-5-7-18(8-6-17)24(36)29-12-11-22(34)35/h5-10,13-16,23,32H,1-4,11-12H2,(H,29,36)(H,34,35)/t23-/m1/s1. The van der Waals surface area contributed by atoms with Crippen LogP contribution in [0.5, 0.6) is 0 Å². The first-order chi connectivity index (χ1) is 17.2. The van der Waals surface area contributed by atoms with Gasteiger partial charge in [0.25, 0.3) is 5.91 Å². The van der Waals surface area contributed by atoms with E-state index in [2.05, 4.69) is 20.7 Å². The minimum atomic E-state index is -4.47. The molecule has 1 aromatic carbocycles. The van der Waals surface area contributed by atoms with Gasteiger partial charge in [0.05, 0.1) is 36.1 Å². The summed E-state index contributed by atoms with van der Waals surface area (Å²) in [6, 6.07) is 10.5. The third-order valence-corrected chi connectivity index (χ3v) is 6.24. The van der Waals surface area contributed by atoms with Crippen molar-refractivity contribution >= 4 is 17.6 Å². The van der Waals surface area contributed by atoms with E-state index >= 15 is 0 Å². The van der Waals surface area contributed by atoms with E-state index in [0.29, 0.717) is 17.2 Å².